The highest BCUT2D eigenvalue weighted by atomic mass is 79.9. The van der Waals surface area contributed by atoms with Crippen LogP contribution in [0, 0.1) is 6.92 Å². The zero-order valence-electron chi connectivity index (χ0n) is 13.0. The van der Waals surface area contributed by atoms with Crippen molar-refractivity contribution in [3.63, 3.8) is 0 Å². The lowest BCUT2D eigenvalue weighted by molar-refractivity contribution is 0.0727. The number of carbonyl (C=O) groups excluding carboxylic acids is 1. The Morgan fingerprint density at radius 2 is 2.14 bits per heavy atom. The third-order valence-electron chi connectivity index (χ3n) is 3.98. The van der Waals surface area contributed by atoms with Crippen molar-refractivity contribution in [3.05, 3.63) is 33.7 Å². The molecule has 5 nitrogen and oxygen atoms in total. The number of amides is 1. The van der Waals surface area contributed by atoms with Gasteiger partial charge in [0.2, 0.25) is 0 Å². The number of nitrogens with zero attached hydrogens (tertiary/aromatic N) is 3. The minimum Gasteiger partial charge on any atom is -0.335 e. The van der Waals surface area contributed by atoms with Crippen molar-refractivity contribution >= 4 is 27.5 Å². The Kier molecular flexibility index (Phi) is 4.49. The molecule has 3 rings (SSSR count). The van der Waals surface area contributed by atoms with E-state index in [1.807, 2.05) is 28.5 Å². The third kappa shape index (κ3) is 2.77. The summed E-state index contributed by atoms with van der Waals surface area (Å²) in [6.45, 7) is 7.37. The smallest absolute Gasteiger partial charge is 0.272 e. The first kappa shape index (κ1) is 15.5. The molecule has 0 atom stereocenters. The Morgan fingerprint density at radius 1 is 1.41 bits per heavy atom. The van der Waals surface area contributed by atoms with Gasteiger partial charge < -0.3 is 10.2 Å². The average molecular weight is 365 g/mol. The summed E-state index contributed by atoms with van der Waals surface area (Å²) in [5.74, 6) is 0.0925. The number of pyridine rings is 1. The minimum atomic E-state index is 0.0925. The molecule has 1 amide bonds. The van der Waals surface area contributed by atoms with Crippen LogP contribution >= 0.6 is 15.9 Å². The fraction of sp³-hybridized carbons (Fsp3) is 0.500. The molecule has 0 spiro atoms. The van der Waals surface area contributed by atoms with Crippen molar-refractivity contribution in [2.24, 2.45) is 0 Å². The van der Waals surface area contributed by atoms with E-state index in [1.165, 1.54) is 0 Å². The summed E-state index contributed by atoms with van der Waals surface area (Å²) in [5.41, 5.74) is 3.56. The van der Waals surface area contributed by atoms with Crippen LogP contribution in [0.1, 0.15) is 35.1 Å². The van der Waals surface area contributed by atoms with Crippen LogP contribution in [0.4, 0.5) is 0 Å². The summed E-state index contributed by atoms with van der Waals surface area (Å²) in [5, 5.41) is 3.29. The van der Waals surface area contributed by atoms with Gasteiger partial charge in [-0.05, 0) is 40.9 Å². The largest absolute Gasteiger partial charge is 0.335 e. The first-order chi connectivity index (χ1) is 10.6. The van der Waals surface area contributed by atoms with Gasteiger partial charge in [-0.2, -0.15) is 0 Å². The van der Waals surface area contributed by atoms with E-state index in [0.717, 1.165) is 66.1 Å². The maximum absolute atomic E-state index is 13.0. The van der Waals surface area contributed by atoms with E-state index in [9.17, 15) is 4.79 Å². The van der Waals surface area contributed by atoms with Gasteiger partial charge in [0.25, 0.3) is 5.91 Å². The second kappa shape index (κ2) is 6.38. The summed E-state index contributed by atoms with van der Waals surface area (Å²) >= 11 is 3.57. The second-order valence-electron chi connectivity index (χ2n) is 5.76. The number of piperazine rings is 1. The van der Waals surface area contributed by atoms with Gasteiger partial charge in [-0.1, -0.05) is 13.3 Å². The monoisotopic (exact) mass is 364 g/mol. The summed E-state index contributed by atoms with van der Waals surface area (Å²) < 4.78 is 2.89. The molecule has 3 heterocycles. The standard InChI is InChI=1S/C16H21BrN4O/c1-3-4-13-14(16(22)20-7-5-18-6-8-20)21-10-11(2)9-12(17)15(21)19-13/h9-10,18H,3-8H2,1-2H3. The van der Waals surface area contributed by atoms with Gasteiger partial charge in [-0.15, -0.1) is 0 Å². The Bertz CT molecular complexity index is 704. The number of carbonyl (C=O) groups is 1. The minimum absolute atomic E-state index is 0.0925. The van der Waals surface area contributed by atoms with Crippen LogP contribution in [0.3, 0.4) is 0 Å². The number of aryl methyl sites for hydroxylation is 2. The van der Waals surface area contributed by atoms with Crippen LogP contribution in [-0.2, 0) is 6.42 Å². The highest BCUT2D eigenvalue weighted by Crippen LogP contribution is 2.24. The zero-order chi connectivity index (χ0) is 15.7. The van der Waals surface area contributed by atoms with Crippen molar-refractivity contribution in [1.82, 2.24) is 19.6 Å². The number of hydrogen-bond donors (Lipinski definition) is 1. The molecule has 0 unspecified atom stereocenters. The van der Waals surface area contributed by atoms with Crippen molar-refractivity contribution in [2.45, 2.75) is 26.7 Å². The van der Waals surface area contributed by atoms with E-state index >= 15 is 0 Å². The van der Waals surface area contributed by atoms with Crippen LogP contribution in [0.15, 0.2) is 16.7 Å². The quantitative estimate of drug-likeness (QED) is 0.909. The molecule has 0 radical (unpaired) electrons. The summed E-state index contributed by atoms with van der Waals surface area (Å²) in [7, 11) is 0. The molecule has 22 heavy (non-hydrogen) atoms. The molecule has 0 bridgehead atoms. The van der Waals surface area contributed by atoms with Gasteiger partial charge in [-0.25, -0.2) is 4.98 Å². The van der Waals surface area contributed by atoms with Gasteiger partial charge in [-0.3, -0.25) is 9.20 Å². The topological polar surface area (TPSA) is 49.6 Å². The van der Waals surface area contributed by atoms with Crippen molar-refractivity contribution in [1.29, 1.82) is 0 Å². The summed E-state index contributed by atoms with van der Waals surface area (Å²) in [6.07, 6.45) is 3.80. The lowest BCUT2D eigenvalue weighted by atomic mass is 10.2. The molecule has 2 aromatic heterocycles. The first-order valence-electron chi connectivity index (χ1n) is 7.79. The molecule has 0 saturated carbocycles. The highest BCUT2D eigenvalue weighted by Gasteiger charge is 2.25. The molecule has 1 aliphatic heterocycles. The normalized spacial score (nSPS) is 15.5. The van der Waals surface area contributed by atoms with E-state index in [0.29, 0.717) is 0 Å². The molecule has 1 fully saturated rings. The third-order valence-corrected chi connectivity index (χ3v) is 4.56. The van der Waals surface area contributed by atoms with Gasteiger partial charge >= 0.3 is 0 Å². The predicted molar refractivity (Wildman–Crippen MR) is 90.4 cm³/mol. The molecule has 0 aromatic carbocycles. The van der Waals surface area contributed by atoms with Crippen molar-refractivity contribution < 1.29 is 4.79 Å². The lowest BCUT2D eigenvalue weighted by Crippen LogP contribution is -2.46. The van der Waals surface area contributed by atoms with Crippen LogP contribution < -0.4 is 5.32 Å². The number of rotatable bonds is 3. The van der Waals surface area contributed by atoms with Crippen molar-refractivity contribution in [2.75, 3.05) is 26.2 Å². The average Bonchev–Trinajstić information content (AvgIpc) is 2.86. The molecule has 0 aliphatic carbocycles. The number of hydrogen-bond acceptors (Lipinski definition) is 3. The number of halogens is 1. The van der Waals surface area contributed by atoms with Crippen LogP contribution in [0.25, 0.3) is 5.65 Å². The summed E-state index contributed by atoms with van der Waals surface area (Å²) in [4.78, 5) is 19.7. The van der Waals surface area contributed by atoms with Crippen LogP contribution in [0.5, 0.6) is 0 Å². The van der Waals surface area contributed by atoms with E-state index in [2.05, 4.69) is 28.2 Å². The highest BCUT2D eigenvalue weighted by molar-refractivity contribution is 9.10. The van der Waals surface area contributed by atoms with Gasteiger partial charge in [0.15, 0.2) is 5.65 Å². The van der Waals surface area contributed by atoms with E-state index in [4.69, 9.17) is 4.98 Å². The molecule has 6 heteroatoms. The molecule has 118 valence electrons. The second-order valence-corrected chi connectivity index (χ2v) is 6.61. The molecular weight excluding hydrogens is 344 g/mol. The zero-order valence-corrected chi connectivity index (χ0v) is 14.6. The van der Waals surface area contributed by atoms with E-state index in [1.54, 1.807) is 0 Å². The molecule has 1 aliphatic rings. The fourth-order valence-corrected chi connectivity index (χ4v) is 3.58. The Morgan fingerprint density at radius 3 is 2.82 bits per heavy atom. The van der Waals surface area contributed by atoms with Crippen LogP contribution in [-0.4, -0.2) is 46.4 Å². The number of nitrogens with one attached hydrogen (secondary N) is 1. The Hall–Kier alpha value is -1.40. The number of imidazole rings is 1. The first-order valence-corrected chi connectivity index (χ1v) is 8.58. The van der Waals surface area contributed by atoms with Gasteiger partial charge in [0, 0.05) is 32.4 Å². The van der Waals surface area contributed by atoms with Crippen molar-refractivity contribution in [3.8, 4) is 0 Å². The molecule has 1 saturated heterocycles. The SMILES string of the molecule is CCCc1nc2c(Br)cc(C)cn2c1C(=O)N1CCNCC1. The summed E-state index contributed by atoms with van der Waals surface area (Å²) in [6, 6.07) is 2.04. The molecule has 1 N–H and O–H groups in total. The molecule has 2 aromatic rings. The number of aromatic nitrogens is 2. The van der Waals surface area contributed by atoms with Crippen LogP contribution in [0.2, 0.25) is 0 Å². The Labute approximate surface area is 138 Å². The maximum Gasteiger partial charge on any atom is 0.272 e. The lowest BCUT2D eigenvalue weighted by Gasteiger charge is -2.27. The van der Waals surface area contributed by atoms with Gasteiger partial charge in [0.05, 0.1) is 10.2 Å². The van der Waals surface area contributed by atoms with Gasteiger partial charge in [0.1, 0.15) is 5.69 Å². The van der Waals surface area contributed by atoms with E-state index < -0.39 is 0 Å². The predicted octanol–water partition coefficient (Wildman–Crippen LogP) is 2.40. The van der Waals surface area contributed by atoms with E-state index in [-0.39, 0.29) is 5.91 Å². The molecular formula is C16H21BrN4O. The fourth-order valence-electron chi connectivity index (χ4n) is 2.93. The maximum atomic E-state index is 13.0. The number of fused-ring (bicyclic) bond motifs is 1. The Balaban J connectivity index is 2.12.